The monoisotopic (exact) mass is 452 g/mol. The number of alkyl halides is 3. The number of likely N-dealkylation sites (N-methyl/N-ethyl adjacent to an activating group) is 1. The maximum absolute atomic E-state index is 12.8. The van der Waals surface area contributed by atoms with Crippen molar-refractivity contribution in [3.05, 3.63) is 46.6 Å². The van der Waals surface area contributed by atoms with Crippen molar-refractivity contribution in [3.63, 3.8) is 0 Å². The number of carbonyl (C=O) groups is 1. The van der Waals surface area contributed by atoms with Crippen LogP contribution in [0.25, 0.3) is 0 Å². The highest BCUT2D eigenvalue weighted by Gasteiger charge is 2.33. The van der Waals surface area contributed by atoms with Crippen LogP contribution >= 0.6 is 11.6 Å². The van der Waals surface area contributed by atoms with Gasteiger partial charge in [0.2, 0.25) is 5.91 Å². The Labute approximate surface area is 184 Å². The molecule has 0 radical (unpaired) electrons. The van der Waals surface area contributed by atoms with Gasteiger partial charge in [0.25, 0.3) is 0 Å². The molecule has 1 fully saturated rings. The largest absolute Gasteiger partial charge is 0.417 e. The summed E-state index contributed by atoms with van der Waals surface area (Å²) < 4.78 is 38.4. The van der Waals surface area contributed by atoms with Gasteiger partial charge >= 0.3 is 6.18 Å². The maximum atomic E-state index is 12.8. The standard InChI is InChI=1S/C22H24ClF3N4O/c1-2-29-8-5-14-3-4-17(12-19(14)29)28-21(31)15-6-9-30(10-7-15)20-18(23)11-16(13-27-20)22(24,25)26/h3-4,11-13,15H,2,5-10H2,1H3,(H,28,31). The number of hydrogen-bond acceptors (Lipinski definition) is 4. The summed E-state index contributed by atoms with van der Waals surface area (Å²) in [5.41, 5.74) is 2.40. The fraction of sp³-hybridized carbons (Fsp3) is 0.455. The van der Waals surface area contributed by atoms with Gasteiger partial charge in [-0.2, -0.15) is 13.2 Å². The number of amides is 1. The number of nitrogens with zero attached hydrogens (tertiary/aromatic N) is 3. The Bertz CT molecular complexity index is 974. The Hall–Kier alpha value is -2.48. The second-order valence-electron chi connectivity index (χ2n) is 7.95. The van der Waals surface area contributed by atoms with Crippen molar-refractivity contribution in [1.82, 2.24) is 4.98 Å². The van der Waals surface area contributed by atoms with Gasteiger partial charge in [0.1, 0.15) is 5.82 Å². The minimum atomic E-state index is -4.48. The second-order valence-corrected chi connectivity index (χ2v) is 8.36. The van der Waals surface area contributed by atoms with E-state index in [1.165, 1.54) is 11.3 Å². The summed E-state index contributed by atoms with van der Waals surface area (Å²) in [4.78, 5) is 20.8. The molecular weight excluding hydrogens is 429 g/mol. The lowest BCUT2D eigenvalue weighted by atomic mass is 9.95. The summed E-state index contributed by atoms with van der Waals surface area (Å²) in [6, 6.07) is 6.94. The molecule has 4 rings (SSSR count). The summed E-state index contributed by atoms with van der Waals surface area (Å²) >= 11 is 6.06. The Morgan fingerprint density at radius 3 is 2.61 bits per heavy atom. The Kier molecular flexibility index (Phi) is 6.01. The molecule has 0 bridgehead atoms. The zero-order valence-corrected chi connectivity index (χ0v) is 17.9. The van der Waals surface area contributed by atoms with Crippen LogP contribution in [0.5, 0.6) is 0 Å². The number of rotatable bonds is 4. The SMILES string of the molecule is CCN1CCc2ccc(NC(=O)C3CCN(c4ncc(C(F)(F)F)cc4Cl)CC3)cc21. The molecule has 2 aliphatic heterocycles. The summed E-state index contributed by atoms with van der Waals surface area (Å²) in [5, 5.41) is 2.99. The first-order valence-corrected chi connectivity index (χ1v) is 10.8. The molecule has 166 valence electrons. The molecule has 0 spiro atoms. The lowest BCUT2D eigenvalue weighted by Crippen LogP contribution is -2.38. The summed E-state index contributed by atoms with van der Waals surface area (Å²) in [5.74, 6) is 0.124. The lowest BCUT2D eigenvalue weighted by molar-refractivity contribution is -0.137. The molecule has 31 heavy (non-hydrogen) atoms. The van der Waals surface area contributed by atoms with Crippen LogP contribution in [0.1, 0.15) is 30.9 Å². The number of pyridine rings is 1. The van der Waals surface area contributed by atoms with Gasteiger partial charge in [-0.1, -0.05) is 17.7 Å². The predicted molar refractivity (Wildman–Crippen MR) is 116 cm³/mol. The van der Waals surface area contributed by atoms with Crippen molar-refractivity contribution < 1.29 is 18.0 Å². The maximum Gasteiger partial charge on any atom is 0.417 e. The molecule has 1 saturated heterocycles. The van der Waals surface area contributed by atoms with E-state index < -0.39 is 11.7 Å². The fourth-order valence-electron chi connectivity index (χ4n) is 4.27. The molecule has 5 nitrogen and oxygen atoms in total. The van der Waals surface area contributed by atoms with E-state index in [1.807, 2.05) is 17.0 Å². The van der Waals surface area contributed by atoms with Gasteiger partial charge in [-0.05, 0) is 49.9 Å². The first-order valence-electron chi connectivity index (χ1n) is 10.4. The first kappa shape index (κ1) is 21.7. The quantitative estimate of drug-likeness (QED) is 0.710. The third-order valence-electron chi connectivity index (χ3n) is 6.04. The smallest absolute Gasteiger partial charge is 0.371 e. The lowest BCUT2D eigenvalue weighted by Gasteiger charge is -2.32. The third-order valence-corrected chi connectivity index (χ3v) is 6.32. The van der Waals surface area contributed by atoms with E-state index in [9.17, 15) is 18.0 Å². The number of piperidine rings is 1. The zero-order chi connectivity index (χ0) is 22.2. The van der Waals surface area contributed by atoms with Crippen LogP contribution in [0.15, 0.2) is 30.5 Å². The van der Waals surface area contributed by atoms with Crippen molar-refractivity contribution in [2.24, 2.45) is 5.92 Å². The van der Waals surface area contributed by atoms with Crippen molar-refractivity contribution in [3.8, 4) is 0 Å². The van der Waals surface area contributed by atoms with Crippen LogP contribution < -0.4 is 15.1 Å². The number of nitrogens with one attached hydrogen (secondary N) is 1. The molecule has 9 heteroatoms. The zero-order valence-electron chi connectivity index (χ0n) is 17.2. The van der Waals surface area contributed by atoms with Crippen molar-refractivity contribution >= 4 is 34.7 Å². The molecule has 1 N–H and O–H groups in total. The molecule has 0 aliphatic carbocycles. The third kappa shape index (κ3) is 4.59. The molecule has 3 heterocycles. The highest BCUT2D eigenvalue weighted by atomic mass is 35.5. The van der Waals surface area contributed by atoms with Crippen LogP contribution in [0.4, 0.5) is 30.4 Å². The van der Waals surface area contributed by atoms with Crippen molar-refractivity contribution in [1.29, 1.82) is 0 Å². The summed E-state index contributed by atoms with van der Waals surface area (Å²) in [7, 11) is 0. The number of carbonyl (C=O) groups excluding carboxylic acids is 1. The molecule has 0 saturated carbocycles. The summed E-state index contributed by atoms with van der Waals surface area (Å²) in [6.07, 6.45) is -1.50. The van der Waals surface area contributed by atoms with Gasteiger partial charge in [0.05, 0.1) is 10.6 Å². The number of halogens is 4. The highest BCUT2D eigenvalue weighted by molar-refractivity contribution is 6.33. The van der Waals surface area contributed by atoms with E-state index in [1.54, 1.807) is 0 Å². The van der Waals surface area contributed by atoms with Gasteiger partial charge in [0, 0.05) is 49.7 Å². The molecule has 0 unspecified atom stereocenters. The number of anilines is 3. The van der Waals surface area contributed by atoms with Gasteiger partial charge in [-0.15, -0.1) is 0 Å². The molecule has 1 aromatic carbocycles. The fourth-order valence-corrected chi connectivity index (χ4v) is 4.55. The van der Waals surface area contributed by atoms with Crippen LogP contribution in [-0.2, 0) is 17.4 Å². The second kappa shape index (κ2) is 8.57. The van der Waals surface area contributed by atoms with E-state index >= 15 is 0 Å². The molecule has 2 aromatic rings. The average molecular weight is 453 g/mol. The van der Waals surface area contributed by atoms with E-state index in [0.717, 1.165) is 37.5 Å². The van der Waals surface area contributed by atoms with Gasteiger partial charge in [-0.25, -0.2) is 4.98 Å². The Morgan fingerprint density at radius 1 is 1.23 bits per heavy atom. The van der Waals surface area contributed by atoms with E-state index in [-0.39, 0.29) is 16.8 Å². The molecule has 1 aromatic heterocycles. The molecule has 0 atom stereocenters. The predicted octanol–water partition coefficient (Wildman–Crippen LogP) is 4.99. The van der Waals surface area contributed by atoms with E-state index in [4.69, 9.17) is 11.6 Å². The number of hydrogen-bond donors (Lipinski definition) is 1. The normalized spacial score (nSPS) is 17.1. The Balaban J connectivity index is 1.37. The number of fused-ring (bicyclic) bond motifs is 1. The van der Waals surface area contributed by atoms with Crippen molar-refractivity contribution in [2.75, 3.05) is 41.3 Å². The number of aromatic nitrogens is 1. The Morgan fingerprint density at radius 2 is 1.97 bits per heavy atom. The number of benzene rings is 1. The first-order chi connectivity index (χ1) is 14.8. The van der Waals surface area contributed by atoms with E-state index in [0.29, 0.717) is 31.7 Å². The molecular formula is C22H24ClF3N4O. The summed E-state index contributed by atoms with van der Waals surface area (Å²) in [6.45, 7) is 5.06. The van der Waals surface area contributed by atoms with Gasteiger partial charge in [0.15, 0.2) is 0 Å². The minimum Gasteiger partial charge on any atom is -0.371 e. The minimum absolute atomic E-state index is 0.0312. The van der Waals surface area contributed by atoms with Crippen LogP contribution in [0.3, 0.4) is 0 Å². The van der Waals surface area contributed by atoms with E-state index in [2.05, 4.69) is 28.2 Å². The van der Waals surface area contributed by atoms with Crippen molar-refractivity contribution in [2.45, 2.75) is 32.4 Å². The van der Waals surface area contributed by atoms with Crippen LogP contribution in [-0.4, -0.2) is 37.1 Å². The highest BCUT2D eigenvalue weighted by Crippen LogP contribution is 2.35. The van der Waals surface area contributed by atoms with Gasteiger partial charge in [-0.3, -0.25) is 4.79 Å². The topological polar surface area (TPSA) is 48.5 Å². The average Bonchev–Trinajstić information content (AvgIpc) is 3.15. The molecule has 1 amide bonds. The van der Waals surface area contributed by atoms with Crippen LogP contribution in [0, 0.1) is 5.92 Å². The molecule has 2 aliphatic rings. The van der Waals surface area contributed by atoms with Crippen LogP contribution in [0.2, 0.25) is 5.02 Å². The van der Waals surface area contributed by atoms with Gasteiger partial charge < -0.3 is 15.1 Å².